The van der Waals surface area contributed by atoms with Gasteiger partial charge in [-0.3, -0.25) is 0 Å². The summed E-state index contributed by atoms with van der Waals surface area (Å²) in [5.74, 6) is 0.674. The minimum atomic E-state index is -1.02. The molecule has 0 saturated carbocycles. The Morgan fingerprint density at radius 3 is 2.36 bits per heavy atom. The van der Waals surface area contributed by atoms with Gasteiger partial charge in [0.15, 0.2) is 0 Å². The van der Waals surface area contributed by atoms with Gasteiger partial charge < -0.3 is 18.8 Å². The average molecular weight is 350 g/mol. The van der Waals surface area contributed by atoms with Crippen LogP contribution in [0.15, 0.2) is 30.0 Å². The molecule has 2 rings (SSSR count). The summed E-state index contributed by atoms with van der Waals surface area (Å²) in [5, 5.41) is 0. The van der Waals surface area contributed by atoms with Gasteiger partial charge in [-0.05, 0) is 64.3 Å². The second-order valence-electron chi connectivity index (χ2n) is 7.09. The van der Waals surface area contributed by atoms with Crippen molar-refractivity contribution < 1.29 is 23.2 Å². The van der Waals surface area contributed by atoms with Crippen LogP contribution in [0.3, 0.4) is 0 Å². The van der Waals surface area contributed by atoms with Gasteiger partial charge in [-0.1, -0.05) is 12.1 Å². The molecular weight excluding hydrogens is 322 g/mol. The van der Waals surface area contributed by atoms with Crippen LogP contribution in [0.2, 0.25) is 0 Å². The van der Waals surface area contributed by atoms with Crippen molar-refractivity contribution in [1.29, 1.82) is 0 Å². The van der Waals surface area contributed by atoms with E-state index in [1.807, 2.05) is 58.9 Å². The molecule has 1 heterocycles. The van der Waals surface area contributed by atoms with Crippen molar-refractivity contribution in [3.05, 3.63) is 35.6 Å². The maximum absolute atomic E-state index is 15.3. The predicted molar refractivity (Wildman–Crippen MR) is 98.2 cm³/mol. The lowest BCUT2D eigenvalue weighted by atomic mass is 9.82. The Kier molecular flexibility index (Phi) is 6.30. The fourth-order valence-corrected chi connectivity index (χ4v) is 2.62. The van der Waals surface area contributed by atoms with Crippen LogP contribution in [-0.4, -0.2) is 38.6 Å². The van der Waals surface area contributed by atoms with Gasteiger partial charge in [0.2, 0.25) is 0 Å². The van der Waals surface area contributed by atoms with Crippen molar-refractivity contribution in [3.63, 3.8) is 0 Å². The summed E-state index contributed by atoms with van der Waals surface area (Å²) in [4.78, 5) is 0. The third-order valence-electron chi connectivity index (χ3n) is 4.87. The lowest BCUT2D eigenvalue weighted by Gasteiger charge is -2.32. The smallest absolute Gasteiger partial charge is 0.497 e. The molecule has 0 radical (unpaired) electrons. The van der Waals surface area contributed by atoms with Crippen LogP contribution in [0.1, 0.15) is 46.6 Å². The molecule has 1 aliphatic heterocycles. The van der Waals surface area contributed by atoms with Crippen LogP contribution in [-0.2, 0) is 14.0 Å². The SMILES string of the molecule is CCOCCC(=C(F)B1OC(C)(C)C(C)(C)O1)c1cccc(OC)c1. The quantitative estimate of drug-likeness (QED) is 0.538. The predicted octanol–water partition coefficient (Wildman–Crippen LogP) is 4.43. The number of rotatable bonds is 7. The molecule has 1 aromatic carbocycles. The van der Waals surface area contributed by atoms with Crippen molar-refractivity contribution in [2.75, 3.05) is 20.3 Å². The van der Waals surface area contributed by atoms with Gasteiger partial charge in [0.05, 0.1) is 24.9 Å². The highest BCUT2D eigenvalue weighted by Crippen LogP contribution is 2.40. The van der Waals surface area contributed by atoms with Gasteiger partial charge >= 0.3 is 7.12 Å². The lowest BCUT2D eigenvalue weighted by Crippen LogP contribution is -2.41. The number of halogens is 1. The van der Waals surface area contributed by atoms with E-state index < -0.39 is 24.0 Å². The fourth-order valence-electron chi connectivity index (χ4n) is 2.62. The topological polar surface area (TPSA) is 36.9 Å². The van der Waals surface area contributed by atoms with Crippen molar-refractivity contribution >= 4 is 12.7 Å². The monoisotopic (exact) mass is 350 g/mol. The van der Waals surface area contributed by atoms with E-state index in [9.17, 15) is 0 Å². The third kappa shape index (κ3) is 4.43. The molecule has 0 N–H and O–H groups in total. The average Bonchev–Trinajstić information content (AvgIpc) is 2.79. The van der Waals surface area contributed by atoms with E-state index in [4.69, 9.17) is 18.8 Å². The second-order valence-corrected chi connectivity index (χ2v) is 7.09. The Labute approximate surface area is 150 Å². The first kappa shape index (κ1) is 20.0. The first-order valence-electron chi connectivity index (χ1n) is 8.68. The van der Waals surface area contributed by atoms with E-state index >= 15 is 4.39 Å². The second kappa shape index (κ2) is 7.89. The Bertz CT molecular complexity index is 612. The zero-order valence-corrected chi connectivity index (χ0v) is 16.0. The first-order chi connectivity index (χ1) is 11.7. The molecule has 0 unspecified atom stereocenters. The van der Waals surface area contributed by atoms with Crippen LogP contribution < -0.4 is 4.74 Å². The van der Waals surface area contributed by atoms with E-state index in [0.29, 0.717) is 31.0 Å². The Morgan fingerprint density at radius 2 is 1.80 bits per heavy atom. The highest BCUT2D eigenvalue weighted by atomic mass is 19.1. The standard InChI is InChI=1S/C19H28BFO4/c1-7-23-12-11-16(14-9-8-10-15(13-14)22-6)17(21)20-24-18(2,3)19(4,5)25-20/h8-10,13H,7,11-12H2,1-6H3. The summed E-state index contributed by atoms with van der Waals surface area (Å²) >= 11 is 0. The zero-order chi connectivity index (χ0) is 18.7. The van der Waals surface area contributed by atoms with Crippen LogP contribution >= 0.6 is 0 Å². The molecule has 6 heteroatoms. The molecule has 4 nitrogen and oxygen atoms in total. The molecule has 138 valence electrons. The Morgan fingerprint density at radius 1 is 1.16 bits per heavy atom. The van der Waals surface area contributed by atoms with E-state index in [2.05, 4.69) is 0 Å². The number of hydrogen-bond acceptors (Lipinski definition) is 4. The van der Waals surface area contributed by atoms with Crippen molar-refractivity contribution in [1.82, 2.24) is 0 Å². The summed E-state index contributed by atoms with van der Waals surface area (Å²) in [6, 6.07) is 7.34. The van der Waals surface area contributed by atoms with Crippen LogP contribution in [0, 0.1) is 0 Å². The molecule has 0 aliphatic carbocycles. The highest BCUT2D eigenvalue weighted by molar-refractivity contribution is 6.55. The van der Waals surface area contributed by atoms with Gasteiger partial charge in [0, 0.05) is 6.61 Å². The van der Waals surface area contributed by atoms with Crippen LogP contribution in [0.25, 0.3) is 5.57 Å². The first-order valence-corrected chi connectivity index (χ1v) is 8.68. The van der Waals surface area contributed by atoms with Crippen molar-refractivity contribution in [2.24, 2.45) is 0 Å². The molecule has 1 fully saturated rings. The molecule has 1 aromatic rings. The minimum Gasteiger partial charge on any atom is -0.497 e. The number of benzene rings is 1. The van der Waals surface area contributed by atoms with Gasteiger partial charge in [0.1, 0.15) is 11.5 Å². The van der Waals surface area contributed by atoms with E-state index in [1.54, 1.807) is 7.11 Å². The molecule has 25 heavy (non-hydrogen) atoms. The van der Waals surface area contributed by atoms with E-state index in [0.717, 1.165) is 5.56 Å². The van der Waals surface area contributed by atoms with Crippen LogP contribution in [0.5, 0.6) is 5.75 Å². The van der Waals surface area contributed by atoms with E-state index in [-0.39, 0.29) is 0 Å². The molecule has 0 spiro atoms. The van der Waals surface area contributed by atoms with Gasteiger partial charge in [-0.15, -0.1) is 0 Å². The largest absolute Gasteiger partial charge is 0.525 e. The molecular formula is C19H28BFO4. The summed E-state index contributed by atoms with van der Waals surface area (Å²) in [5.41, 5.74) is -0.327. The van der Waals surface area contributed by atoms with Crippen molar-refractivity contribution in [3.8, 4) is 5.75 Å². The number of methoxy groups -OCH3 is 1. The summed E-state index contributed by atoms with van der Waals surface area (Å²) in [6.45, 7) is 10.6. The maximum atomic E-state index is 15.3. The number of ether oxygens (including phenoxy) is 2. The summed E-state index contributed by atoms with van der Waals surface area (Å²) in [7, 11) is 0.570. The third-order valence-corrected chi connectivity index (χ3v) is 4.87. The molecule has 0 atom stereocenters. The van der Waals surface area contributed by atoms with Crippen LogP contribution in [0.4, 0.5) is 4.39 Å². The fraction of sp³-hybridized carbons (Fsp3) is 0.579. The van der Waals surface area contributed by atoms with Crippen molar-refractivity contribution in [2.45, 2.75) is 52.2 Å². The summed E-state index contributed by atoms with van der Waals surface area (Å²) < 4.78 is 37.8. The lowest BCUT2D eigenvalue weighted by molar-refractivity contribution is 0.00578. The maximum Gasteiger partial charge on any atom is 0.525 e. The van der Waals surface area contributed by atoms with E-state index in [1.165, 1.54) is 0 Å². The van der Waals surface area contributed by atoms with Gasteiger partial charge in [0.25, 0.3) is 0 Å². The molecule has 0 aromatic heterocycles. The zero-order valence-electron chi connectivity index (χ0n) is 16.0. The minimum absolute atomic E-state index is 0.411. The van der Waals surface area contributed by atoms with Gasteiger partial charge in [-0.2, -0.15) is 0 Å². The molecule has 0 bridgehead atoms. The van der Waals surface area contributed by atoms with Gasteiger partial charge in [-0.25, -0.2) is 4.39 Å². The molecule has 0 amide bonds. The Balaban J connectivity index is 2.37. The normalized spacial score (nSPS) is 19.7. The number of hydrogen-bond donors (Lipinski definition) is 0. The summed E-state index contributed by atoms with van der Waals surface area (Å²) in [6.07, 6.45) is 0.427. The molecule has 1 aliphatic rings. The Hall–Kier alpha value is -1.37. The molecule has 1 saturated heterocycles. The highest BCUT2D eigenvalue weighted by Gasteiger charge is 2.53.